The molecule has 0 aliphatic carbocycles. The van der Waals surface area contributed by atoms with Crippen molar-refractivity contribution in [3.8, 4) is 0 Å². The van der Waals surface area contributed by atoms with E-state index in [9.17, 15) is 14.7 Å². The van der Waals surface area contributed by atoms with Crippen LogP contribution in [0.3, 0.4) is 0 Å². The molecule has 3 N–H and O–H groups in total. The summed E-state index contributed by atoms with van der Waals surface area (Å²) in [5.41, 5.74) is 3.72. The van der Waals surface area contributed by atoms with Gasteiger partial charge in [0.15, 0.2) is 0 Å². The molecule has 26 heavy (non-hydrogen) atoms. The summed E-state index contributed by atoms with van der Waals surface area (Å²) in [4.78, 5) is 27.6. The van der Waals surface area contributed by atoms with Crippen LogP contribution in [0.5, 0.6) is 0 Å². The number of aliphatic hydroxyl groups excluding tert-OH is 1. The van der Waals surface area contributed by atoms with Gasteiger partial charge in [-0.15, -0.1) is 0 Å². The van der Waals surface area contributed by atoms with Crippen LogP contribution in [0.15, 0.2) is 35.3 Å². The van der Waals surface area contributed by atoms with Crippen molar-refractivity contribution in [2.75, 3.05) is 6.54 Å². The zero-order valence-electron chi connectivity index (χ0n) is 15.4. The number of H-pyrrole nitrogens is 1. The Balaban J connectivity index is 2.24. The number of carbonyl (C=O) groups excluding carboxylic acids is 1. The smallest absolute Gasteiger partial charge is 0.274 e. The van der Waals surface area contributed by atoms with Gasteiger partial charge < -0.3 is 20.0 Å². The molecule has 1 atom stereocenters. The zero-order valence-corrected chi connectivity index (χ0v) is 15.4. The lowest BCUT2D eigenvalue weighted by Crippen LogP contribution is -2.23. The Morgan fingerprint density at radius 2 is 1.96 bits per heavy atom. The monoisotopic (exact) mass is 353 g/mol. The Kier molecular flexibility index (Phi) is 4.70. The fourth-order valence-electron chi connectivity index (χ4n) is 3.37. The van der Waals surface area contributed by atoms with Crippen LogP contribution in [0.2, 0.25) is 0 Å². The van der Waals surface area contributed by atoms with Crippen molar-refractivity contribution in [3.63, 3.8) is 0 Å². The van der Waals surface area contributed by atoms with E-state index in [2.05, 4.69) is 10.3 Å². The first kappa shape index (κ1) is 17.9. The standard InChI is InChI=1S/C20H23N3O3/c1-5-21-19(25)15-9-13-14(10-23(4)20(26)17(13)22-15)18(24)16-11(2)7-6-8-12(16)3/h6-10,18,22,24H,5H2,1-4H3,(H,21,25). The number of hydrogen-bond acceptors (Lipinski definition) is 3. The fraction of sp³-hybridized carbons (Fsp3) is 0.300. The van der Waals surface area contributed by atoms with Gasteiger partial charge in [0.25, 0.3) is 11.5 Å². The fourth-order valence-corrected chi connectivity index (χ4v) is 3.37. The topological polar surface area (TPSA) is 87.1 Å². The lowest BCUT2D eigenvalue weighted by atomic mass is 9.93. The predicted molar refractivity (Wildman–Crippen MR) is 102 cm³/mol. The lowest BCUT2D eigenvalue weighted by Gasteiger charge is -2.18. The molecule has 0 fully saturated rings. The third kappa shape index (κ3) is 2.93. The second-order valence-electron chi connectivity index (χ2n) is 6.54. The van der Waals surface area contributed by atoms with Gasteiger partial charge in [0.05, 0.1) is 0 Å². The summed E-state index contributed by atoms with van der Waals surface area (Å²) in [5, 5.41) is 14.4. The molecular weight excluding hydrogens is 330 g/mol. The number of aromatic nitrogens is 2. The van der Waals surface area contributed by atoms with Crippen molar-refractivity contribution in [2.45, 2.75) is 26.9 Å². The number of pyridine rings is 1. The molecule has 2 aromatic heterocycles. The van der Waals surface area contributed by atoms with Crippen molar-refractivity contribution in [3.05, 3.63) is 68.8 Å². The SMILES string of the molecule is CCNC(=O)c1cc2c(C(O)c3c(C)cccc3C)cn(C)c(=O)c2[nH]1. The maximum absolute atomic E-state index is 12.5. The van der Waals surface area contributed by atoms with E-state index in [1.807, 2.05) is 39.0 Å². The molecule has 1 unspecified atom stereocenters. The van der Waals surface area contributed by atoms with Crippen LogP contribution < -0.4 is 10.9 Å². The van der Waals surface area contributed by atoms with Gasteiger partial charge in [-0.25, -0.2) is 0 Å². The first-order chi connectivity index (χ1) is 12.3. The van der Waals surface area contributed by atoms with Gasteiger partial charge in [0.2, 0.25) is 0 Å². The van der Waals surface area contributed by atoms with Gasteiger partial charge in [-0.2, -0.15) is 0 Å². The second kappa shape index (κ2) is 6.80. The summed E-state index contributed by atoms with van der Waals surface area (Å²) in [6, 6.07) is 7.47. The molecule has 0 saturated heterocycles. The molecule has 0 aliphatic heterocycles. The van der Waals surface area contributed by atoms with E-state index in [-0.39, 0.29) is 11.5 Å². The van der Waals surface area contributed by atoms with E-state index < -0.39 is 6.10 Å². The number of fused-ring (bicyclic) bond motifs is 1. The van der Waals surface area contributed by atoms with Crippen LogP contribution in [-0.2, 0) is 7.05 Å². The Bertz CT molecular complexity index is 1030. The molecule has 6 heteroatoms. The minimum absolute atomic E-state index is 0.243. The average Bonchev–Trinajstić information content (AvgIpc) is 3.03. The Hall–Kier alpha value is -2.86. The molecule has 0 bridgehead atoms. The summed E-state index contributed by atoms with van der Waals surface area (Å²) in [6.45, 7) is 6.21. The summed E-state index contributed by atoms with van der Waals surface area (Å²) < 4.78 is 1.42. The number of rotatable bonds is 4. The molecule has 2 heterocycles. The van der Waals surface area contributed by atoms with Crippen molar-refractivity contribution in [1.82, 2.24) is 14.9 Å². The number of amides is 1. The van der Waals surface area contributed by atoms with Crippen LogP contribution in [0.4, 0.5) is 0 Å². The van der Waals surface area contributed by atoms with E-state index in [0.717, 1.165) is 16.7 Å². The number of aryl methyl sites for hydroxylation is 3. The molecule has 0 saturated carbocycles. The second-order valence-corrected chi connectivity index (χ2v) is 6.54. The van der Waals surface area contributed by atoms with E-state index in [4.69, 9.17) is 0 Å². The molecule has 0 aliphatic rings. The maximum atomic E-state index is 12.5. The van der Waals surface area contributed by atoms with E-state index in [0.29, 0.717) is 28.7 Å². The minimum Gasteiger partial charge on any atom is -0.384 e. The van der Waals surface area contributed by atoms with Crippen molar-refractivity contribution in [1.29, 1.82) is 0 Å². The third-order valence-electron chi connectivity index (χ3n) is 4.69. The van der Waals surface area contributed by atoms with Gasteiger partial charge in [0, 0.05) is 30.7 Å². The largest absolute Gasteiger partial charge is 0.384 e. The number of hydrogen-bond donors (Lipinski definition) is 3. The first-order valence-electron chi connectivity index (χ1n) is 8.59. The van der Waals surface area contributed by atoms with Gasteiger partial charge in [-0.1, -0.05) is 18.2 Å². The molecule has 1 aromatic carbocycles. The Morgan fingerprint density at radius 3 is 2.58 bits per heavy atom. The van der Waals surface area contributed by atoms with Gasteiger partial charge in [-0.3, -0.25) is 9.59 Å². The molecule has 6 nitrogen and oxygen atoms in total. The highest BCUT2D eigenvalue weighted by Crippen LogP contribution is 2.31. The molecular formula is C20H23N3O3. The van der Waals surface area contributed by atoms with Gasteiger partial charge in [0.1, 0.15) is 17.3 Å². The highest BCUT2D eigenvalue weighted by molar-refractivity contribution is 5.98. The predicted octanol–water partition coefficient (Wildman–Crippen LogP) is 2.31. The highest BCUT2D eigenvalue weighted by Gasteiger charge is 2.22. The number of aliphatic hydroxyl groups is 1. The Morgan fingerprint density at radius 1 is 1.31 bits per heavy atom. The first-order valence-corrected chi connectivity index (χ1v) is 8.59. The normalized spacial score (nSPS) is 12.3. The molecule has 0 spiro atoms. The van der Waals surface area contributed by atoms with E-state index in [1.54, 1.807) is 19.3 Å². The van der Waals surface area contributed by atoms with Gasteiger partial charge in [-0.05, 0) is 43.5 Å². The highest BCUT2D eigenvalue weighted by atomic mass is 16.3. The van der Waals surface area contributed by atoms with Crippen LogP contribution in [0.25, 0.3) is 10.9 Å². The average molecular weight is 353 g/mol. The van der Waals surface area contributed by atoms with Crippen LogP contribution in [0, 0.1) is 13.8 Å². The number of nitrogens with one attached hydrogen (secondary N) is 2. The maximum Gasteiger partial charge on any atom is 0.274 e. The molecule has 3 rings (SSSR count). The molecule has 1 amide bonds. The molecule has 0 radical (unpaired) electrons. The van der Waals surface area contributed by atoms with Gasteiger partial charge >= 0.3 is 0 Å². The Labute approximate surface area is 151 Å². The summed E-state index contributed by atoms with van der Waals surface area (Å²) in [7, 11) is 1.63. The van der Waals surface area contributed by atoms with E-state index >= 15 is 0 Å². The minimum atomic E-state index is -0.900. The van der Waals surface area contributed by atoms with Crippen molar-refractivity contribution < 1.29 is 9.90 Å². The lowest BCUT2D eigenvalue weighted by molar-refractivity contribution is 0.0951. The molecule has 3 aromatic rings. The van der Waals surface area contributed by atoms with Crippen molar-refractivity contribution in [2.24, 2.45) is 7.05 Å². The van der Waals surface area contributed by atoms with Crippen LogP contribution >= 0.6 is 0 Å². The number of aromatic amines is 1. The quantitative estimate of drug-likeness (QED) is 0.673. The number of nitrogens with zero attached hydrogens (tertiary/aromatic N) is 1. The van der Waals surface area contributed by atoms with E-state index in [1.165, 1.54) is 4.57 Å². The summed E-state index contributed by atoms with van der Waals surface area (Å²) in [6.07, 6.45) is 0.736. The van der Waals surface area contributed by atoms with Crippen LogP contribution in [-0.4, -0.2) is 27.1 Å². The summed E-state index contributed by atoms with van der Waals surface area (Å²) >= 11 is 0. The van der Waals surface area contributed by atoms with Crippen LogP contribution in [0.1, 0.15) is 45.8 Å². The van der Waals surface area contributed by atoms with Crippen molar-refractivity contribution >= 4 is 16.8 Å². The number of carbonyl (C=O) groups is 1. The zero-order chi connectivity index (χ0) is 19.0. The number of benzene rings is 1. The third-order valence-corrected chi connectivity index (χ3v) is 4.69. The summed E-state index contributed by atoms with van der Waals surface area (Å²) in [5.74, 6) is -0.279. The molecule has 136 valence electrons.